The summed E-state index contributed by atoms with van der Waals surface area (Å²) in [7, 11) is 2.94. The van der Waals surface area contributed by atoms with Crippen molar-refractivity contribution >= 4 is 22.8 Å². The van der Waals surface area contributed by atoms with Crippen LogP contribution >= 0.6 is 0 Å². The number of hydrogen-bond donors (Lipinski definition) is 2. The zero-order valence-electron chi connectivity index (χ0n) is 13.0. The van der Waals surface area contributed by atoms with Crippen LogP contribution in [-0.2, 0) is 9.53 Å². The van der Waals surface area contributed by atoms with Crippen molar-refractivity contribution in [3.8, 4) is 5.75 Å². The molecule has 1 amide bonds. The van der Waals surface area contributed by atoms with E-state index < -0.39 is 11.6 Å². The molecule has 122 valence electrons. The number of methoxy groups -OCH3 is 2. The van der Waals surface area contributed by atoms with Crippen molar-refractivity contribution in [2.24, 2.45) is 0 Å². The van der Waals surface area contributed by atoms with E-state index in [4.69, 9.17) is 9.47 Å². The summed E-state index contributed by atoms with van der Waals surface area (Å²) in [5, 5.41) is 10.2. The average molecular weight is 318 g/mol. The van der Waals surface area contributed by atoms with Crippen LogP contribution in [0.15, 0.2) is 24.3 Å². The summed E-state index contributed by atoms with van der Waals surface area (Å²) in [6.07, 6.45) is 0.276. The van der Waals surface area contributed by atoms with Gasteiger partial charge in [0, 0.05) is 31.0 Å². The number of fused-ring (bicyclic) bond motifs is 1. The van der Waals surface area contributed by atoms with E-state index in [0.29, 0.717) is 18.0 Å². The number of carboxylic acid groups (broad SMARTS) is 1. The second-order valence-electron chi connectivity index (χ2n) is 5.62. The standard InChI is InChI=1S/C16H18N2O5/c1-22-11-3-4-12-10(7-11)8-13(17-12)14(19)18-6-5-16(9-18,23-2)15(20)21/h3-4,7-8,17H,5-6,9H2,1-2H3,(H,20,21). The Hall–Kier alpha value is -2.54. The van der Waals surface area contributed by atoms with Gasteiger partial charge < -0.3 is 24.5 Å². The molecule has 0 saturated carbocycles. The lowest BCUT2D eigenvalue weighted by Crippen LogP contribution is -2.44. The minimum Gasteiger partial charge on any atom is -0.497 e. The third-order valence-electron chi connectivity index (χ3n) is 4.36. The van der Waals surface area contributed by atoms with Crippen LogP contribution < -0.4 is 4.74 Å². The van der Waals surface area contributed by atoms with E-state index in [1.807, 2.05) is 18.2 Å². The van der Waals surface area contributed by atoms with Crippen molar-refractivity contribution in [1.29, 1.82) is 0 Å². The second kappa shape index (κ2) is 5.58. The number of aromatic amines is 1. The molecule has 2 N–H and O–H groups in total. The predicted octanol–water partition coefficient (Wildman–Crippen LogP) is 1.49. The van der Waals surface area contributed by atoms with Gasteiger partial charge >= 0.3 is 5.97 Å². The van der Waals surface area contributed by atoms with Gasteiger partial charge in [-0.3, -0.25) is 4.79 Å². The smallest absolute Gasteiger partial charge is 0.337 e. The molecule has 7 nitrogen and oxygen atoms in total. The summed E-state index contributed by atoms with van der Waals surface area (Å²) in [5.74, 6) is -0.571. The fraction of sp³-hybridized carbons (Fsp3) is 0.375. The number of likely N-dealkylation sites (tertiary alicyclic amines) is 1. The van der Waals surface area contributed by atoms with Gasteiger partial charge in [0.15, 0.2) is 5.60 Å². The van der Waals surface area contributed by atoms with Crippen molar-refractivity contribution in [1.82, 2.24) is 9.88 Å². The molecule has 1 aliphatic heterocycles. The van der Waals surface area contributed by atoms with Crippen LogP contribution in [0, 0.1) is 0 Å². The van der Waals surface area contributed by atoms with E-state index in [2.05, 4.69) is 4.98 Å². The molecule has 1 aliphatic rings. The molecular weight excluding hydrogens is 300 g/mol. The Labute approximate surface area is 132 Å². The summed E-state index contributed by atoms with van der Waals surface area (Å²) in [6, 6.07) is 7.23. The quantitative estimate of drug-likeness (QED) is 0.891. The highest BCUT2D eigenvalue weighted by Gasteiger charge is 2.47. The molecule has 0 bridgehead atoms. The Bertz CT molecular complexity index is 769. The number of nitrogens with one attached hydrogen (secondary N) is 1. The number of aliphatic carboxylic acids is 1. The lowest BCUT2D eigenvalue weighted by molar-refractivity contribution is -0.160. The molecule has 23 heavy (non-hydrogen) atoms. The van der Waals surface area contributed by atoms with Crippen LogP contribution in [-0.4, -0.2) is 59.8 Å². The number of ether oxygens (including phenoxy) is 2. The molecule has 1 saturated heterocycles. The Balaban J connectivity index is 1.85. The van der Waals surface area contributed by atoms with Crippen molar-refractivity contribution in [3.05, 3.63) is 30.0 Å². The molecule has 1 aromatic carbocycles. The molecule has 2 heterocycles. The van der Waals surface area contributed by atoms with E-state index in [9.17, 15) is 14.7 Å². The van der Waals surface area contributed by atoms with Crippen LogP contribution in [0.5, 0.6) is 5.75 Å². The van der Waals surface area contributed by atoms with Gasteiger partial charge in [-0.2, -0.15) is 0 Å². The molecule has 7 heteroatoms. The first-order valence-electron chi connectivity index (χ1n) is 7.24. The maximum Gasteiger partial charge on any atom is 0.337 e. The number of aromatic nitrogens is 1. The van der Waals surface area contributed by atoms with Gasteiger partial charge in [0.25, 0.3) is 5.91 Å². The van der Waals surface area contributed by atoms with Gasteiger partial charge in [-0.05, 0) is 24.3 Å². The molecule has 0 radical (unpaired) electrons. The molecule has 0 spiro atoms. The van der Waals surface area contributed by atoms with Crippen molar-refractivity contribution in [3.63, 3.8) is 0 Å². The van der Waals surface area contributed by atoms with E-state index in [0.717, 1.165) is 10.9 Å². The molecular formula is C16H18N2O5. The third-order valence-corrected chi connectivity index (χ3v) is 4.36. The van der Waals surface area contributed by atoms with Gasteiger partial charge in [0.05, 0.1) is 13.7 Å². The number of amides is 1. The van der Waals surface area contributed by atoms with Crippen LogP contribution in [0.4, 0.5) is 0 Å². The number of hydrogen-bond acceptors (Lipinski definition) is 4. The number of rotatable bonds is 4. The summed E-state index contributed by atoms with van der Waals surface area (Å²) in [4.78, 5) is 28.6. The molecule has 1 aromatic heterocycles. The normalized spacial score (nSPS) is 20.9. The number of carboxylic acids is 1. The highest BCUT2D eigenvalue weighted by molar-refractivity contribution is 5.99. The fourth-order valence-electron chi connectivity index (χ4n) is 2.91. The van der Waals surface area contributed by atoms with Gasteiger partial charge in [0.2, 0.25) is 0 Å². The van der Waals surface area contributed by atoms with E-state index in [1.165, 1.54) is 12.0 Å². The largest absolute Gasteiger partial charge is 0.497 e. The Morgan fingerprint density at radius 3 is 2.70 bits per heavy atom. The summed E-state index contributed by atoms with van der Waals surface area (Å²) in [6.45, 7) is 0.383. The predicted molar refractivity (Wildman–Crippen MR) is 82.7 cm³/mol. The second-order valence-corrected chi connectivity index (χ2v) is 5.62. The Morgan fingerprint density at radius 2 is 2.09 bits per heavy atom. The third kappa shape index (κ3) is 2.53. The Kier molecular flexibility index (Phi) is 3.73. The minimum atomic E-state index is -1.31. The monoisotopic (exact) mass is 318 g/mol. The van der Waals surface area contributed by atoms with Gasteiger partial charge in [-0.25, -0.2) is 4.79 Å². The van der Waals surface area contributed by atoms with Gasteiger partial charge in [-0.15, -0.1) is 0 Å². The van der Waals surface area contributed by atoms with Crippen LogP contribution in [0.25, 0.3) is 10.9 Å². The highest BCUT2D eigenvalue weighted by atomic mass is 16.5. The lowest BCUT2D eigenvalue weighted by Gasteiger charge is -2.22. The minimum absolute atomic E-state index is 0.0380. The van der Waals surface area contributed by atoms with E-state index in [1.54, 1.807) is 13.2 Å². The summed E-state index contributed by atoms with van der Waals surface area (Å²) in [5.41, 5.74) is -0.0691. The zero-order valence-corrected chi connectivity index (χ0v) is 13.0. The van der Waals surface area contributed by atoms with Gasteiger partial charge in [-0.1, -0.05) is 0 Å². The maximum absolute atomic E-state index is 12.6. The number of carbonyl (C=O) groups is 2. The van der Waals surface area contributed by atoms with Gasteiger partial charge in [0.1, 0.15) is 11.4 Å². The number of H-pyrrole nitrogens is 1. The lowest BCUT2D eigenvalue weighted by atomic mass is 10.0. The first-order valence-corrected chi connectivity index (χ1v) is 7.24. The molecule has 1 atom stereocenters. The molecule has 1 fully saturated rings. The maximum atomic E-state index is 12.6. The number of benzene rings is 1. The van der Waals surface area contributed by atoms with Crippen LogP contribution in [0.2, 0.25) is 0 Å². The van der Waals surface area contributed by atoms with E-state index >= 15 is 0 Å². The van der Waals surface area contributed by atoms with Crippen LogP contribution in [0.1, 0.15) is 16.9 Å². The first kappa shape index (κ1) is 15.4. The molecule has 2 aromatic rings. The topological polar surface area (TPSA) is 91.9 Å². The van der Waals surface area contributed by atoms with Crippen molar-refractivity contribution in [2.75, 3.05) is 27.3 Å². The summed E-state index contributed by atoms with van der Waals surface area (Å²) < 4.78 is 10.3. The fourth-order valence-corrected chi connectivity index (χ4v) is 2.91. The molecule has 3 rings (SSSR count). The van der Waals surface area contributed by atoms with Crippen molar-refractivity contribution < 1.29 is 24.2 Å². The SMILES string of the molecule is COc1ccc2[nH]c(C(=O)N3CCC(OC)(C(=O)O)C3)cc2c1. The highest BCUT2D eigenvalue weighted by Crippen LogP contribution is 2.28. The average Bonchev–Trinajstić information content (AvgIpc) is 3.18. The zero-order chi connectivity index (χ0) is 16.6. The van der Waals surface area contributed by atoms with E-state index in [-0.39, 0.29) is 18.9 Å². The Morgan fingerprint density at radius 1 is 1.30 bits per heavy atom. The van der Waals surface area contributed by atoms with Crippen molar-refractivity contribution in [2.45, 2.75) is 12.0 Å². The number of nitrogens with zero attached hydrogens (tertiary/aromatic N) is 1. The van der Waals surface area contributed by atoms with Crippen LogP contribution in [0.3, 0.4) is 0 Å². The number of carbonyl (C=O) groups excluding carboxylic acids is 1. The molecule has 0 aliphatic carbocycles. The summed E-state index contributed by atoms with van der Waals surface area (Å²) >= 11 is 0. The molecule has 1 unspecified atom stereocenters. The first-order chi connectivity index (χ1) is 11.0.